The zero-order valence-electron chi connectivity index (χ0n) is 22.7. The molecule has 5 rings (SSSR count). The second-order valence-electron chi connectivity index (χ2n) is 11.1. The van der Waals surface area contributed by atoms with Crippen molar-refractivity contribution in [2.24, 2.45) is 5.92 Å². The van der Waals surface area contributed by atoms with E-state index in [9.17, 15) is 4.79 Å². The summed E-state index contributed by atoms with van der Waals surface area (Å²) in [4.78, 5) is 23.8. The molecular weight excluding hydrogens is 516 g/mol. The molecule has 0 aliphatic heterocycles. The second-order valence-corrected chi connectivity index (χ2v) is 11.5. The fourth-order valence-corrected chi connectivity index (χ4v) is 4.63. The van der Waals surface area contributed by atoms with E-state index in [2.05, 4.69) is 20.6 Å². The van der Waals surface area contributed by atoms with Crippen molar-refractivity contribution in [3.63, 3.8) is 0 Å². The largest absolute Gasteiger partial charge is 0.444 e. The minimum Gasteiger partial charge on any atom is -0.444 e. The molecule has 0 radical (unpaired) electrons. The first-order chi connectivity index (χ1) is 18.8. The molecular formula is C28H35ClN8O2. The summed E-state index contributed by atoms with van der Waals surface area (Å²) in [7, 11) is 0. The molecule has 0 unspecified atom stereocenters. The molecule has 1 N–H and O–H groups in total. The number of nitrogens with one attached hydrogen (secondary N) is 1. The summed E-state index contributed by atoms with van der Waals surface area (Å²) in [6.07, 6.45) is 12.7. The van der Waals surface area contributed by atoms with E-state index in [0.29, 0.717) is 31.4 Å². The number of halogens is 1. The average Bonchev–Trinajstić information content (AvgIpc) is 3.49. The van der Waals surface area contributed by atoms with Crippen LogP contribution < -0.4 is 5.32 Å². The first kappa shape index (κ1) is 26.9. The van der Waals surface area contributed by atoms with Crippen LogP contribution in [0.15, 0.2) is 49.2 Å². The number of carbonyl (C=O) groups excluding carboxylic acids is 1. The van der Waals surface area contributed by atoms with Crippen LogP contribution in [0, 0.1) is 5.92 Å². The molecule has 4 heterocycles. The molecule has 1 amide bonds. The van der Waals surface area contributed by atoms with Gasteiger partial charge in [0.15, 0.2) is 0 Å². The predicted molar refractivity (Wildman–Crippen MR) is 151 cm³/mol. The van der Waals surface area contributed by atoms with Gasteiger partial charge in [0.05, 0.1) is 30.7 Å². The summed E-state index contributed by atoms with van der Waals surface area (Å²) in [5.41, 5.74) is 4.68. The molecule has 0 bridgehead atoms. The molecule has 0 atom stereocenters. The van der Waals surface area contributed by atoms with Crippen LogP contribution >= 0.6 is 11.6 Å². The standard InChI is InChI=1S/C28H35ClN8O2/c1-28(2,3)39-27(38)36(14-20-5-4-6-20)16-21-7-8-26-32-24(17-35(26)15-21)18-37-19-25(33-34-37)22-11-23(13-30-12-22)31-10-9-29/h7-8,11-13,15,17,19-20,31H,4-6,9-10,14,16,18H2,1-3H3. The number of amides is 1. The Labute approximate surface area is 233 Å². The van der Waals surface area contributed by atoms with Gasteiger partial charge in [-0.05, 0) is 57.2 Å². The number of imidazole rings is 1. The van der Waals surface area contributed by atoms with E-state index in [1.165, 1.54) is 19.3 Å². The topological polar surface area (TPSA) is 102 Å². The van der Waals surface area contributed by atoms with Gasteiger partial charge in [-0.2, -0.15) is 0 Å². The lowest BCUT2D eigenvalue weighted by Crippen LogP contribution is -2.40. The third-order valence-corrected chi connectivity index (χ3v) is 6.80. The normalized spacial score (nSPS) is 13.8. The minimum absolute atomic E-state index is 0.265. The van der Waals surface area contributed by atoms with Crippen molar-refractivity contribution < 1.29 is 9.53 Å². The number of ether oxygens (including phenoxy) is 1. The molecule has 1 saturated carbocycles. The molecule has 10 nitrogen and oxygen atoms in total. The van der Waals surface area contributed by atoms with E-state index >= 15 is 0 Å². The monoisotopic (exact) mass is 550 g/mol. The Morgan fingerprint density at radius 3 is 2.79 bits per heavy atom. The molecule has 1 aliphatic carbocycles. The number of carbonyl (C=O) groups is 1. The Kier molecular flexibility index (Phi) is 8.02. The Morgan fingerprint density at radius 2 is 2.05 bits per heavy atom. The Balaban J connectivity index is 1.28. The number of anilines is 1. The fraction of sp³-hybridized carbons (Fsp3) is 0.464. The number of fused-ring (bicyclic) bond motifs is 1. The second kappa shape index (κ2) is 11.6. The lowest BCUT2D eigenvalue weighted by Gasteiger charge is -2.33. The highest BCUT2D eigenvalue weighted by molar-refractivity contribution is 6.18. The van der Waals surface area contributed by atoms with E-state index in [0.717, 1.165) is 40.4 Å². The van der Waals surface area contributed by atoms with Crippen LogP contribution in [-0.4, -0.2) is 64.9 Å². The first-order valence-electron chi connectivity index (χ1n) is 13.4. The summed E-state index contributed by atoms with van der Waals surface area (Å²) in [6.45, 7) is 8.06. The quantitative estimate of drug-likeness (QED) is 0.270. The van der Waals surface area contributed by atoms with Gasteiger partial charge in [0.2, 0.25) is 0 Å². The molecule has 1 fully saturated rings. The van der Waals surface area contributed by atoms with E-state index in [1.54, 1.807) is 17.1 Å². The van der Waals surface area contributed by atoms with E-state index in [-0.39, 0.29) is 6.09 Å². The van der Waals surface area contributed by atoms with Crippen LogP contribution in [0.4, 0.5) is 10.5 Å². The lowest BCUT2D eigenvalue weighted by atomic mass is 9.85. The number of alkyl halides is 1. The number of hydrogen-bond acceptors (Lipinski definition) is 7. The average molecular weight is 551 g/mol. The van der Waals surface area contributed by atoms with Crippen LogP contribution in [0.3, 0.4) is 0 Å². The van der Waals surface area contributed by atoms with Gasteiger partial charge in [-0.1, -0.05) is 17.7 Å². The summed E-state index contributed by atoms with van der Waals surface area (Å²) in [5, 5.41) is 11.8. The molecule has 0 aromatic carbocycles. The van der Waals surface area contributed by atoms with Crippen LogP contribution in [0.2, 0.25) is 0 Å². The van der Waals surface area contributed by atoms with Crippen molar-refractivity contribution in [2.45, 2.75) is 58.7 Å². The van der Waals surface area contributed by atoms with Crippen LogP contribution in [0.1, 0.15) is 51.3 Å². The van der Waals surface area contributed by atoms with Gasteiger partial charge in [0, 0.05) is 49.3 Å². The van der Waals surface area contributed by atoms with E-state index in [1.807, 2.05) is 66.9 Å². The third-order valence-electron chi connectivity index (χ3n) is 6.61. The molecule has 39 heavy (non-hydrogen) atoms. The molecule has 4 aromatic rings. The highest BCUT2D eigenvalue weighted by Gasteiger charge is 2.27. The van der Waals surface area contributed by atoms with Gasteiger partial charge < -0.3 is 19.4 Å². The first-order valence-corrected chi connectivity index (χ1v) is 13.9. The Hall–Kier alpha value is -3.66. The summed E-state index contributed by atoms with van der Waals surface area (Å²) in [6, 6.07) is 5.98. The molecule has 1 aliphatic rings. The smallest absolute Gasteiger partial charge is 0.410 e. The molecule has 11 heteroatoms. The van der Waals surface area contributed by atoms with E-state index < -0.39 is 5.60 Å². The van der Waals surface area contributed by atoms with Crippen molar-refractivity contribution in [2.75, 3.05) is 24.3 Å². The molecule has 0 saturated heterocycles. The van der Waals surface area contributed by atoms with Crippen molar-refractivity contribution in [1.82, 2.24) is 34.3 Å². The van der Waals surface area contributed by atoms with Gasteiger partial charge in [-0.3, -0.25) is 4.98 Å². The van der Waals surface area contributed by atoms with Gasteiger partial charge in [-0.25, -0.2) is 14.5 Å². The van der Waals surface area contributed by atoms with Crippen molar-refractivity contribution in [3.05, 3.63) is 60.4 Å². The summed E-state index contributed by atoms with van der Waals surface area (Å²) < 4.78 is 9.46. The molecule has 206 valence electrons. The van der Waals surface area contributed by atoms with Gasteiger partial charge in [0.25, 0.3) is 0 Å². The maximum absolute atomic E-state index is 12.9. The lowest BCUT2D eigenvalue weighted by molar-refractivity contribution is 0.0173. The summed E-state index contributed by atoms with van der Waals surface area (Å²) in [5.74, 6) is 1.07. The summed E-state index contributed by atoms with van der Waals surface area (Å²) >= 11 is 5.77. The van der Waals surface area contributed by atoms with Gasteiger partial charge in [-0.15, -0.1) is 16.7 Å². The fourth-order valence-electron chi connectivity index (χ4n) is 4.54. The highest BCUT2D eigenvalue weighted by Crippen LogP contribution is 2.28. The van der Waals surface area contributed by atoms with Crippen molar-refractivity contribution in [1.29, 1.82) is 0 Å². The molecule has 4 aromatic heterocycles. The van der Waals surface area contributed by atoms with Crippen LogP contribution in [-0.2, 0) is 17.8 Å². The van der Waals surface area contributed by atoms with E-state index in [4.69, 9.17) is 21.3 Å². The van der Waals surface area contributed by atoms with Crippen LogP contribution in [0.25, 0.3) is 16.9 Å². The van der Waals surface area contributed by atoms with Crippen LogP contribution in [0.5, 0.6) is 0 Å². The number of aromatic nitrogens is 6. The zero-order chi connectivity index (χ0) is 27.4. The molecule has 0 spiro atoms. The zero-order valence-corrected chi connectivity index (χ0v) is 23.4. The van der Waals surface area contributed by atoms with Crippen molar-refractivity contribution >= 4 is 29.0 Å². The SMILES string of the molecule is CC(C)(C)OC(=O)N(Cc1ccc2nc(Cn3cc(-c4cncc(NCCCl)c4)nn3)cn2c1)CC1CCC1. The number of rotatable bonds is 10. The van der Waals surface area contributed by atoms with Gasteiger partial charge in [0.1, 0.15) is 16.9 Å². The number of pyridine rings is 2. The minimum atomic E-state index is -0.528. The predicted octanol–water partition coefficient (Wildman–Crippen LogP) is 5.22. The number of hydrogen-bond donors (Lipinski definition) is 1. The van der Waals surface area contributed by atoms with Gasteiger partial charge >= 0.3 is 6.09 Å². The Bertz CT molecular complexity index is 1420. The maximum atomic E-state index is 12.9. The van der Waals surface area contributed by atoms with Crippen molar-refractivity contribution in [3.8, 4) is 11.3 Å². The number of nitrogens with zero attached hydrogens (tertiary/aromatic N) is 7. The highest BCUT2D eigenvalue weighted by atomic mass is 35.5. The maximum Gasteiger partial charge on any atom is 0.410 e. The third kappa shape index (κ3) is 7.06. The Morgan fingerprint density at radius 1 is 1.21 bits per heavy atom.